The fourth-order valence-electron chi connectivity index (χ4n) is 1.51. The van der Waals surface area contributed by atoms with Crippen molar-refractivity contribution < 1.29 is 78.4 Å². The molecular weight excluding hydrogens is 344 g/mol. The zero-order valence-electron chi connectivity index (χ0n) is 9.65. The minimum absolute atomic E-state index is 0. The van der Waals surface area contributed by atoms with Gasteiger partial charge in [-0.25, -0.2) is 6.61 Å². The first-order valence-electron chi connectivity index (χ1n) is 5.09. The van der Waals surface area contributed by atoms with Gasteiger partial charge in [-0.05, 0) is 24.1 Å². The van der Waals surface area contributed by atoms with Gasteiger partial charge in [0.05, 0.1) is 6.61 Å². The zero-order chi connectivity index (χ0) is 10.7. The third-order valence-electron chi connectivity index (χ3n) is 2.38. The van der Waals surface area contributed by atoms with Crippen molar-refractivity contribution in [1.29, 1.82) is 0 Å². The molecule has 82 valence electrons. The predicted octanol–water partition coefficient (Wildman–Crippen LogP) is 0.405. The summed E-state index contributed by atoms with van der Waals surface area (Å²) in [5, 5.41) is 0.748. The van der Waals surface area contributed by atoms with Crippen molar-refractivity contribution >= 4 is 11.6 Å². The summed E-state index contributed by atoms with van der Waals surface area (Å²) >= 11 is 5.79. The van der Waals surface area contributed by atoms with Crippen LogP contribution in [0.2, 0.25) is 5.02 Å². The number of ether oxygens (including phenoxy) is 2. The van der Waals surface area contributed by atoms with Crippen LogP contribution in [0.3, 0.4) is 0 Å². The minimum Gasteiger partial charge on any atom is -0.529 e. The maximum atomic E-state index is 5.79. The van der Waals surface area contributed by atoms with Crippen molar-refractivity contribution in [3.05, 3.63) is 41.5 Å². The molecule has 1 aliphatic rings. The summed E-state index contributed by atoms with van der Waals surface area (Å²) in [7, 11) is 0. The van der Waals surface area contributed by atoms with Gasteiger partial charge in [0, 0.05) is 5.02 Å². The Hall–Kier alpha value is 1.48. The number of halogens is 1. The topological polar surface area (TPSA) is 18.5 Å². The maximum Gasteiger partial charge on any atom is 1.00 e. The smallest absolute Gasteiger partial charge is 0.529 e. The Labute approximate surface area is 160 Å². The largest absolute Gasteiger partial charge is 1.00 e. The second-order valence-electron chi connectivity index (χ2n) is 3.85. The molecule has 0 aromatic heterocycles. The van der Waals surface area contributed by atoms with E-state index in [9.17, 15) is 0 Å². The van der Waals surface area contributed by atoms with Gasteiger partial charge in [-0.15, -0.1) is 5.92 Å². The second kappa shape index (κ2) is 7.82. The predicted molar refractivity (Wildman–Crippen MR) is 59.2 cm³/mol. The molecular formula is C12H14ClCsO2. The third kappa shape index (κ3) is 5.00. The first-order chi connectivity index (χ1) is 7.24. The molecule has 0 spiro atoms. The summed E-state index contributed by atoms with van der Waals surface area (Å²) in [6.07, 6.45) is 0.851. The Balaban J connectivity index is 0.00000128. The van der Waals surface area contributed by atoms with E-state index in [-0.39, 0.29) is 75.2 Å². The van der Waals surface area contributed by atoms with Gasteiger partial charge in [-0.1, -0.05) is 30.7 Å². The average Bonchev–Trinajstić information content (AvgIpc) is 2.64. The quantitative estimate of drug-likeness (QED) is 0.729. The van der Waals surface area contributed by atoms with Gasteiger partial charge in [-0.3, -0.25) is 0 Å². The Bertz CT molecular complexity index is 315. The van der Waals surface area contributed by atoms with Gasteiger partial charge in [0.25, 0.3) is 0 Å². The van der Waals surface area contributed by atoms with E-state index >= 15 is 0 Å². The van der Waals surface area contributed by atoms with Gasteiger partial charge in [0.15, 0.2) is 0 Å². The molecule has 1 fully saturated rings. The summed E-state index contributed by atoms with van der Waals surface area (Å²) in [5.74, 6) is 0.486. The van der Waals surface area contributed by atoms with Gasteiger partial charge in [0.1, 0.15) is 6.29 Å². The van der Waals surface area contributed by atoms with Crippen LogP contribution in [0, 0.1) is 12.5 Å². The van der Waals surface area contributed by atoms with Crippen molar-refractivity contribution in [2.75, 3.05) is 0 Å². The monoisotopic (exact) mass is 358 g/mol. The van der Waals surface area contributed by atoms with Crippen LogP contribution in [0.15, 0.2) is 24.3 Å². The van der Waals surface area contributed by atoms with Crippen LogP contribution in [-0.4, -0.2) is 6.29 Å². The molecule has 1 heterocycles. The fraction of sp³-hybridized carbons (Fsp3) is 0.417. The van der Waals surface area contributed by atoms with E-state index in [0.29, 0.717) is 12.5 Å². The zero-order valence-corrected chi connectivity index (χ0v) is 16.7. The Morgan fingerprint density at radius 2 is 2.12 bits per heavy atom. The molecule has 0 N–H and O–H groups in total. The van der Waals surface area contributed by atoms with E-state index in [1.165, 1.54) is 0 Å². The molecule has 0 bridgehead atoms. The average molecular weight is 359 g/mol. The Kier molecular flexibility index (Phi) is 7.59. The SMILES string of the molecule is C[C@H]1[CH-]OC(OCc2ccc(Cl)cc2)C1.[Cs+]. The van der Waals surface area contributed by atoms with Crippen LogP contribution in [0.4, 0.5) is 0 Å². The normalized spacial score (nSPS) is 24.1. The molecule has 4 heteroatoms. The van der Waals surface area contributed by atoms with Crippen molar-refractivity contribution in [2.24, 2.45) is 5.92 Å². The van der Waals surface area contributed by atoms with Gasteiger partial charge in [-0.2, -0.15) is 0 Å². The molecule has 0 saturated carbocycles. The van der Waals surface area contributed by atoms with E-state index in [4.69, 9.17) is 21.1 Å². The summed E-state index contributed by atoms with van der Waals surface area (Å²) in [4.78, 5) is 0. The summed E-state index contributed by atoms with van der Waals surface area (Å²) in [6.45, 7) is 4.53. The molecule has 0 amide bonds. The van der Waals surface area contributed by atoms with Gasteiger partial charge >= 0.3 is 68.9 Å². The molecule has 1 aromatic carbocycles. The Morgan fingerprint density at radius 1 is 1.44 bits per heavy atom. The number of benzene rings is 1. The van der Waals surface area contributed by atoms with E-state index < -0.39 is 0 Å². The molecule has 0 radical (unpaired) electrons. The van der Waals surface area contributed by atoms with Crippen LogP contribution < -0.4 is 68.9 Å². The summed E-state index contributed by atoms with van der Waals surface area (Å²) < 4.78 is 10.9. The number of hydrogen-bond acceptors (Lipinski definition) is 2. The van der Waals surface area contributed by atoms with Crippen LogP contribution in [0.5, 0.6) is 0 Å². The second-order valence-corrected chi connectivity index (χ2v) is 4.29. The summed E-state index contributed by atoms with van der Waals surface area (Å²) in [5.41, 5.74) is 1.11. The molecule has 16 heavy (non-hydrogen) atoms. The first-order valence-corrected chi connectivity index (χ1v) is 5.46. The van der Waals surface area contributed by atoms with E-state index in [1.807, 2.05) is 30.9 Å². The van der Waals surface area contributed by atoms with Crippen molar-refractivity contribution in [2.45, 2.75) is 26.2 Å². The maximum absolute atomic E-state index is 5.79. The summed E-state index contributed by atoms with van der Waals surface area (Å²) in [6, 6.07) is 7.66. The third-order valence-corrected chi connectivity index (χ3v) is 2.63. The Morgan fingerprint density at radius 3 is 2.69 bits per heavy atom. The molecule has 2 atom stereocenters. The van der Waals surface area contributed by atoms with Crippen LogP contribution in [-0.2, 0) is 16.1 Å². The fourth-order valence-corrected chi connectivity index (χ4v) is 1.64. The van der Waals surface area contributed by atoms with E-state index in [0.717, 1.165) is 17.0 Å². The van der Waals surface area contributed by atoms with Crippen LogP contribution in [0.25, 0.3) is 0 Å². The minimum atomic E-state index is -0.0873. The molecule has 2 nitrogen and oxygen atoms in total. The molecule has 2 rings (SSSR count). The van der Waals surface area contributed by atoms with E-state index in [2.05, 4.69) is 6.92 Å². The van der Waals surface area contributed by atoms with E-state index in [1.54, 1.807) is 0 Å². The van der Waals surface area contributed by atoms with Gasteiger partial charge < -0.3 is 9.47 Å². The van der Waals surface area contributed by atoms with Crippen molar-refractivity contribution in [3.63, 3.8) is 0 Å². The number of hydrogen-bond donors (Lipinski definition) is 0. The molecule has 1 aliphatic heterocycles. The molecule has 1 aromatic rings. The molecule has 1 saturated heterocycles. The van der Waals surface area contributed by atoms with Gasteiger partial charge in [0.2, 0.25) is 0 Å². The van der Waals surface area contributed by atoms with Crippen LogP contribution in [0.1, 0.15) is 18.9 Å². The standard InChI is InChI=1S/C12H14ClO2.Cs/c1-9-6-12(14-7-9)15-8-10-2-4-11(13)5-3-10;/h2-5,7,9,12H,6,8H2,1H3;/q-1;+1/t9-,12?;/m1./s1. The number of rotatable bonds is 3. The first kappa shape index (κ1) is 15.5. The molecule has 0 aliphatic carbocycles. The van der Waals surface area contributed by atoms with Crippen LogP contribution >= 0.6 is 11.6 Å². The molecule has 1 unspecified atom stereocenters. The van der Waals surface area contributed by atoms with Crippen molar-refractivity contribution in [1.82, 2.24) is 0 Å². The van der Waals surface area contributed by atoms with Crippen molar-refractivity contribution in [3.8, 4) is 0 Å².